The fourth-order valence-electron chi connectivity index (χ4n) is 3.66. The van der Waals surface area contributed by atoms with Gasteiger partial charge in [0, 0.05) is 53.6 Å². The molecule has 8 nitrogen and oxygen atoms in total. The van der Waals surface area contributed by atoms with E-state index in [-0.39, 0.29) is 6.23 Å². The van der Waals surface area contributed by atoms with E-state index in [4.69, 9.17) is 33.6 Å². The van der Waals surface area contributed by atoms with Crippen LogP contribution in [0.5, 0.6) is 0 Å². The first-order valence-electron chi connectivity index (χ1n) is 9.72. The predicted molar refractivity (Wildman–Crippen MR) is 115 cm³/mol. The predicted octanol–water partition coefficient (Wildman–Crippen LogP) is 2.71. The highest BCUT2D eigenvalue weighted by molar-refractivity contribution is 6.31. The van der Waals surface area contributed by atoms with Crippen molar-refractivity contribution in [3.63, 3.8) is 0 Å². The molecule has 9 heteroatoms. The third-order valence-electron chi connectivity index (χ3n) is 5.09. The third kappa shape index (κ3) is 4.11. The minimum atomic E-state index is -0.00711. The Kier molecular flexibility index (Phi) is 5.77. The monoisotopic (exact) mass is 415 g/mol. The molecule has 0 amide bonds. The summed E-state index contributed by atoms with van der Waals surface area (Å²) in [4.78, 5) is 0. The molecule has 3 heterocycles. The molecule has 1 atom stereocenters. The van der Waals surface area contributed by atoms with Crippen molar-refractivity contribution in [3.8, 4) is 11.1 Å². The van der Waals surface area contributed by atoms with E-state index >= 15 is 0 Å². The van der Waals surface area contributed by atoms with Crippen molar-refractivity contribution in [1.82, 2.24) is 19.4 Å². The maximum Gasteiger partial charge on any atom is 0.150 e. The van der Waals surface area contributed by atoms with Gasteiger partial charge in [-0.15, -0.1) is 0 Å². The highest BCUT2D eigenvalue weighted by Crippen LogP contribution is 2.34. The van der Waals surface area contributed by atoms with Crippen LogP contribution < -0.4 is 17.3 Å². The van der Waals surface area contributed by atoms with Gasteiger partial charge in [0.05, 0.1) is 17.9 Å². The molecule has 1 aliphatic heterocycles. The zero-order valence-electron chi connectivity index (χ0n) is 16.2. The normalized spacial score (nSPS) is 17.8. The van der Waals surface area contributed by atoms with Gasteiger partial charge in [0.15, 0.2) is 0 Å². The molecule has 154 valence electrons. The molecule has 0 radical (unpaired) electrons. The van der Waals surface area contributed by atoms with E-state index in [0.717, 1.165) is 47.9 Å². The Bertz CT molecular complexity index is 1020. The zero-order valence-corrected chi connectivity index (χ0v) is 16.9. The van der Waals surface area contributed by atoms with Gasteiger partial charge in [-0.05, 0) is 31.4 Å². The fraction of sp³-hybridized carbons (Fsp3) is 0.350. The molecule has 0 saturated carbocycles. The number of rotatable bonds is 6. The van der Waals surface area contributed by atoms with Crippen LogP contribution in [-0.4, -0.2) is 39.1 Å². The van der Waals surface area contributed by atoms with Crippen LogP contribution in [-0.2, 0) is 4.74 Å². The first kappa shape index (κ1) is 19.8. The molecule has 3 aromatic rings. The van der Waals surface area contributed by atoms with Gasteiger partial charge in [-0.2, -0.15) is 5.10 Å². The molecule has 1 fully saturated rings. The molecule has 1 aliphatic rings. The molecule has 1 aromatic carbocycles. The smallest absolute Gasteiger partial charge is 0.150 e. The van der Waals surface area contributed by atoms with Crippen LogP contribution >= 0.6 is 11.6 Å². The average molecular weight is 416 g/mol. The molecular formula is C20H26ClN7O. The Balaban J connectivity index is 1.75. The van der Waals surface area contributed by atoms with Gasteiger partial charge >= 0.3 is 0 Å². The summed E-state index contributed by atoms with van der Waals surface area (Å²) in [5.74, 6) is 6.41. The molecule has 2 aromatic heterocycles. The van der Waals surface area contributed by atoms with Crippen LogP contribution in [0, 0.1) is 0 Å². The van der Waals surface area contributed by atoms with Crippen LogP contribution in [0.1, 0.15) is 25.5 Å². The number of ether oxygens (including phenoxy) is 1. The van der Waals surface area contributed by atoms with Crippen molar-refractivity contribution in [2.45, 2.75) is 25.5 Å². The molecule has 1 unspecified atom stereocenters. The van der Waals surface area contributed by atoms with Crippen molar-refractivity contribution >= 4 is 28.3 Å². The first-order valence-corrected chi connectivity index (χ1v) is 10.1. The van der Waals surface area contributed by atoms with Crippen LogP contribution in [0.25, 0.3) is 27.9 Å². The number of fused-ring (bicyclic) bond motifs is 1. The summed E-state index contributed by atoms with van der Waals surface area (Å²) in [6, 6.07) is 5.75. The number of nitrogens with zero attached hydrogens (tertiary/aromatic N) is 4. The van der Waals surface area contributed by atoms with Gasteiger partial charge in [-0.1, -0.05) is 17.7 Å². The second kappa shape index (κ2) is 8.46. The summed E-state index contributed by atoms with van der Waals surface area (Å²) in [6.07, 6.45) is 10.7. The SMILES string of the molecule is NCCN(N)/C=C(\N)n1cc(-c2cnn(C3CCCCO3)c2)c2ccc(Cl)cc21. The molecule has 0 spiro atoms. The van der Waals surface area contributed by atoms with Gasteiger partial charge in [0.2, 0.25) is 0 Å². The number of nitrogens with two attached hydrogens (primary N) is 3. The van der Waals surface area contributed by atoms with E-state index in [9.17, 15) is 0 Å². The molecule has 6 N–H and O–H groups in total. The highest BCUT2D eigenvalue weighted by atomic mass is 35.5. The fourth-order valence-corrected chi connectivity index (χ4v) is 3.82. The second-order valence-electron chi connectivity index (χ2n) is 7.18. The summed E-state index contributed by atoms with van der Waals surface area (Å²) in [5, 5.41) is 7.67. The lowest BCUT2D eigenvalue weighted by molar-refractivity contribution is -0.0394. The number of aromatic nitrogens is 3. The standard InChI is InChI=1S/C20H26ClN7O/c21-15-4-5-16-17(14-10-25-28(11-14)20-3-1-2-8-29-20)12-27(18(16)9-15)19(23)13-26(24)7-6-22/h4-5,9-13,20H,1-3,6-8,22-24H2/b19-13+. The van der Waals surface area contributed by atoms with E-state index < -0.39 is 0 Å². The van der Waals surface area contributed by atoms with E-state index in [0.29, 0.717) is 23.9 Å². The van der Waals surface area contributed by atoms with E-state index in [1.165, 1.54) is 5.01 Å². The molecule has 0 bridgehead atoms. The van der Waals surface area contributed by atoms with Gasteiger partial charge in [-0.25, -0.2) is 10.5 Å². The van der Waals surface area contributed by atoms with Gasteiger partial charge < -0.3 is 25.8 Å². The molecule has 0 aliphatic carbocycles. The van der Waals surface area contributed by atoms with Gasteiger partial charge in [0.1, 0.15) is 12.0 Å². The van der Waals surface area contributed by atoms with Crippen molar-refractivity contribution < 1.29 is 4.74 Å². The summed E-state index contributed by atoms with van der Waals surface area (Å²) in [6.45, 7) is 1.71. The summed E-state index contributed by atoms with van der Waals surface area (Å²) >= 11 is 6.25. The Hall–Kier alpha value is -2.52. The van der Waals surface area contributed by atoms with E-state index in [1.54, 1.807) is 6.20 Å². The maximum atomic E-state index is 6.33. The average Bonchev–Trinajstić information content (AvgIpc) is 3.33. The number of hydrogen-bond acceptors (Lipinski definition) is 6. The lowest BCUT2D eigenvalue weighted by atomic mass is 10.1. The Morgan fingerprint density at radius 2 is 2.21 bits per heavy atom. The van der Waals surface area contributed by atoms with Crippen molar-refractivity contribution in [2.75, 3.05) is 19.7 Å². The first-order chi connectivity index (χ1) is 14.1. The Morgan fingerprint density at radius 3 is 2.97 bits per heavy atom. The van der Waals surface area contributed by atoms with Crippen LogP contribution in [0.15, 0.2) is 43.0 Å². The highest BCUT2D eigenvalue weighted by Gasteiger charge is 2.19. The number of hydrazine groups is 1. The number of hydrogen-bond donors (Lipinski definition) is 3. The zero-order chi connectivity index (χ0) is 20.4. The largest absolute Gasteiger partial charge is 0.384 e. The summed E-state index contributed by atoms with van der Waals surface area (Å²) < 4.78 is 9.62. The minimum Gasteiger partial charge on any atom is -0.384 e. The minimum absolute atomic E-state index is 0.00711. The van der Waals surface area contributed by atoms with Crippen molar-refractivity contribution in [2.24, 2.45) is 17.3 Å². The van der Waals surface area contributed by atoms with Gasteiger partial charge in [0.25, 0.3) is 0 Å². The van der Waals surface area contributed by atoms with Crippen LogP contribution in [0.4, 0.5) is 0 Å². The second-order valence-corrected chi connectivity index (χ2v) is 7.62. The van der Waals surface area contributed by atoms with Crippen molar-refractivity contribution in [1.29, 1.82) is 0 Å². The van der Waals surface area contributed by atoms with E-state index in [1.807, 2.05) is 46.0 Å². The molecule has 1 saturated heterocycles. The Morgan fingerprint density at radius 1 is 1.34 bits per heavy atom. The quantitative estimate of drug-likeness (QED) is 0.421. The van der Waals surface area contributed by atoms with E-state index in [2.05, 4.69) is 5.10 Å². The number of benzene rings is 1. The molecule has 4 rings (SSSR count). The topological polar surface area (TPSA) is 113 Å². The maximum absolute atomic E-state index is 6.33. The van der Waals surface area contributed by atoms with Crippen LogP contribution in [0.3, 0.4) is 0 Å². The Labute approximate surface area is 174 Å². The van der Waals surface area contributed by atoms with Gasteiger partial charge in [-0.3, -0.25) is 0 Å². The lowest BCUT2D eigenvalue weighted by Crippen LogP contribution is -2.32. The lowest BCUT2D eigenvalue weighted by Gasteiger charge is -2.22. The number of halogens is 1. The summed E-state index contributed by atoms with van der Waals surface area (Å²) in [5.41, 5.74) is 14.8. The van der Waals surface area contributed by atoms with Crippen LogP contribution in [0.2, 0.25) is 5.02 Å². The third-order valence-corrected chi connectivity index (χ3v) is 5.33. The molecular weight excluding hydrogens is 390 g/mol. The van der Waals surface area contributed by atoms with Crippen molar-refractivity contribution in [3.05, 3.63) is 48.0 Å². The summed E-state index contributed by atoms with van der Waals surface area (Å²) in [7, 11) is 0. The molecule has 29 heavy (non-hydrogen) atoms.